The highest BCUT2D eigenvalue weighted by atomic mass is 16.5. The Morgan fingerprint density at radius 3 is 2.22 bits per heavy atom. The van der Waals surface area contributed by atoms with Crippen LogP contribution >= 0.6 is 0 Å². The molecule has 0 radical (unpaired) electrons. The SMILES string of the molecule is COc1cc2c(ccc3c4cc5ccccc5cc4ccc23)[nH]1. The minimum Gasteiger partial charge on any atom is -0.482 e. The van der Waals surface area contributed by atoms with Crippen LogP contribution in [-0.2, 0) is 0 Å². The maximum Gasteiger partial charge on any atom is 0.191 e. The molecule has 0 amide bonds. The zero-order chi connectivity index (χ0) is 15.4. The minimum absolute atomic E-state index is 0.797. The highest BCUT2D eigenvalue weighted by molar-refractivity contribution is 6.19. The third kappa shape index (κ3) is 1.75. The first-order chi connectivity index (χ1) is 11.3. The smallest absolute Gasteiger partial charge is 0.191 e. The quantitative estimate of drug-likeness (QED) is 0.314. The fourth-order valence-corrected chi connectivity index (χ4v) is 3.53. The van der Waals surface area contributed by atoms with Crippen LogP contribution in [0, 0.1) is 0 Å². The van der Waals surface area contributed by atoms with Gasteiger partial charge < -0.3 is 9.72 Å². The van der Waals surface area contributed by atoms with Crippen molar-refractivity contribution in [3.8, 4) is 5.88 Å². The van der Waals surface area contributed by atoms with Crippen molar-refractivity contribution in [2.45, 2.75) is 0 Å². The molecule has 1 N–H and O–H groups in total. The van der Waals surface area contributed by atoms with Gasteiger partial charge in [-0.05, 0) is 50.5 Å². The number of fused-ring (bicyclic) bond motifs is 6. The summed E-state index contributed by atoms with van der Waals surface area (Å²) in [5.74, 6) is 0.797. The van der Waals surface area contributed by atoms with Gasteiger partial charge >= 0.3 is 0 Å². The van der Waals surface area contributed by atoms with Crippen LogP contribution in [0.5, 0.6) is 5.88 Å². The van der Waals surface area contributed by atoms with Crippen LogP contribution in [0.2, 0.25) is 0 Å². The molecule has 5 aromatic rings. The molecule has 0 bridgehead atoms. The second-order valence-electron chi connectivity index (χ2n) is 5.95. The van der Waals surface area contributed by atoms with E-state index in [0.29, 0.717) is 0 Å². The number of rotatable bonds is 1. The lowest BCUT2D eigenvalue weighted by molar-refractivity contribution is 0.401. The Kier molecular flexibility index (Phi) is 2.45. The van der Waals surface area contributed by atoms with Gasteiger partial charge in [0.2, 0.25) is 0 Å². The van der Waals surface area contributed by atoms with E-state index in [1.807, 2.05) is 0 Å². The molecule has 0 spiro atoms. The van der Waals surface area contributed by atoms with Gasteiger partial charge in [0.1, 0.15) is 0 Å². The van der Waals surface area contributed by atoms with Crippen LogP contribution in [-0.4, -0.2) is 12.1 Å². The number of aromatic nitrogens is 1. The first-order valence-electron chi connectivity index (χ1n) is 7.74. The summed E-state index contributed by atoms with van der Waals surface area (Å²) in [6.45, 7) is 0. The Balaban J connectivity index is 1.96. The van der Waals surface area contributed by atoms with Crippen molar-refractivity contribution in [3.05, 3.63) is 66.7 Å². The van der Waals surface area contributed by atoms with Crippen LogP contribution < -0.4 is 4.74 Å². The van der Waals surface area contributed by atoms with Gasteiger partial charge in [-0.25, -0.2) is 0 Å². The Labute approximate surface area is 133 Å². The first kappa shape index (κ1) is 12.5. The lowest BCUT2D eigenvalue weighted by Crippen LogP contribution is -1.80. The van der Waals surface area contributed by atoms with Gasteiger partial charge in [0, 0.05) is 17.0 Å². The molecule has 1 aromatic heterocycles. The fraction of sp³-hybridized carbons (Fsp3) is 0.0476. The van der Waals surface area contributed by atoms with Gasteiger partial charge in [-0.15, -0.1) is 0 Å². The number of H-pyrrole nitrogens is 1. The Hall–Kier alpha value is -3.00. The second kappa shape index (κ2) is 4.50. The highest BCUT2D eigenvalue weighted by Crippen LogP contribution is 2.34. The van der Waals surface area contributed by atoms with E-state index in [2.05, 4.69) is 71.7 Å². The largest absolute Gasteiger partial charge is 0.482 e. The van der Waals surface area contributed by atoms with Gasteiger partial charge in [-0.3, -0.25) is 0 Å². The van der Waals surface area contributed by atoms with Crippen molar-refractivity contribution in [1.29, 1.82) is 0 Å². The number of hydrogen-bond donors (Lipinski definition) is 1. The second-order valence-corrected chi connectivity index (χ2v) is 5.95. The molecule has 0 fully saturated rings. The summed E-state index contributed by atoms with van der Waals surface area (Å²) in [6.07, 6.45) is 0. The van der Waals surface area contributed by atoms with E-state index in [-0.39, 0.29) is 0 Å². The van der Waals surface area contributed by atoms with Crippen molar-refractivity contribution in [3.63, 3.8) is 0 Å². The monoisotopic (exact) mass is 297 g/mol. The lowest BCUT2D eigenvalue weighted by atomic mass is 9.97. The molecule has 4 aromatic carbocycles. The van der Waals surface area contributed by atoms with Crippen LogP contribution in [0.15, 0.2) is 66.7 Å². The third-order valence-corrected chi connectivity index (χ3v) is 4.68. The molecule has 0 unspecified atom stereocenters. The summed E-state index contributed by atoms with van der Waals surface area (Å²) >= 11 is 0. The fourth-order valence-electron chi connectivity index (χ4n) is 3.53. The van der Waals surface area contributed by atoms with Gasteiger partial charge in [-0.2, -0.15) is 0 Å². The van der Waals surface area contributed by atoms with E-state index in [4.69, 9.17) is 4.74 Å². The van der Waals surface area contributed by atoms with E-state index >= 15 is 0 Å². The third-order valence-electron chi connectivity index (χ3n) is 4.68. The molecule has 0 aliphatic rings. The van der Waals surface area contributed by atoms with Crippen LogP contribution in [0.3, 0.4) is 0 Å². The maximum absolute atomic E-state index is 5.34. The van der Waals surface area contributed by atoms with Gasteiger partial charge in [-0.1, -0.05) is 42.5 Å². The molecule has 2 nitrogen and oxygen atoms in total. The van der Waals surface area contributed by atoms with Crippen molar-refractivity contribution < 1.29 is 4.74 Å². The molecule has 1 heterocycles. The van der Waals surface area contributed by atoms with Gasteiger partial charge in [0.25, 0.3) is 0 Å². The Morgan fingerprint density at radius 1 is 0.652 bits per heavy atom. The maximum atomic E-state index is 5.34. The summed E-state index contributed by atoms with van der Waals surface area (Å²) < 4.78 is 5.34. The average molecular weight is 297 g/mol. The number of benzene rings is 4. The van der Waals surface area contributed by atoms with Gasteiger partial charge in [0.15, 0.2) is 5.88 Å². The standard InChI is InChI=1S/C21H15NO/c1-23-21-12-19-17-7-6-15-10-13-4-2-3-5-14(13)11-18(15)16(17)8-9-20(19)22-21/h2-12,22H,1H3. The topological polar surface area (TPSA) is 25.0 Å². The molecule has 0 saturated heterocycles. The van der Waals surface area contributed by atoms with Gasteiger partial charge in [0.05, 0.1) is 7.11 Å². The summed E-state index contributed by atoms with van der Waals surface area (Å²) in [5.41, 5.74) is 1.11. The number of nitrogens with one attached hydrogen (secondary N) is 1. The molecular weight excluding hydrogens is 282 g/mol. The molecule has 5 rings (SSSR count). The molecule has 23 heavy (non-hydrogen) atoms. The predicted octanol–water partition coefficient (Wildman–Crippen LogP) is 5.64. The number of aromatic amines is 1. The van der Waals surface area contributed by atoms with E-state index in [1.54, 1.807) is 7.11 Å². The van der Waals surface area contributed by atoms with Crippen LogP contribution in [0.25, 0.3) is 43.2 Å². The normalized spacial score (nSPS) is 11.7. The van der Waals surface area contributed by atoms with E-state index in [9.17, 15) is 0 Å². The van der Waals surface area contributed by atoms with Crippen molar-refractivity contribution >= 4 is 43.2 Å². The number of ether oxygens (including phenoxy) is 1. The first-order valence-corrected chi connectivity index (χ1v) is 7.74. The average Bonchev–Trinajstić information content (AvgIpc) is 3.03. The number of methoxy groups -OCH3 is 1. The zero-order valence-electron chi connectivity index (χ0n) is 12.8. The molecule has 110 valence electrons. The van der Waals surface area contributed by atoms with E-state index < -0.39 is 0 Å². The lowest BCUT2D eigenvalue weighted by Gasteiger charge is -2.07. The van der Waals surface area contributed by atoms with E-state index in [0.717, 1.165) is 11.4 Å². The minimum atomic E-state index is 0.797. The summed E-state index contributed by atoms with van der Waals surface area (Å²) in [7, 11) is 1.69. The highest BCUT2D eigenvalue weighted by Gasteiger charge is 2.08. The molecule has 2 heteroatoms. The van der Waals surface area contributed by atoms with Crippen molar-refractivity contribution in [2.24, 2.45) is 0 Å². The van der Waals surface area contributed by atoms with Crippen molar-refractivity contribution in [2.75, 3.05) is 7.11 Å². The van der Waals surface area contributed by atoms with E-state index in [1.165, 1.54) is 37.7 Å². The predicted molar refractivity (Wildman–Crippen MR) is 97.4 cm³/mol. The Bertz CT molecular complexity index is 1200. The molecule has 0 saturated carbocycles. The van der Waals surface area contributed by atoms with Crippen LogP contribution in [0.4, 0.5) is 0 Å². The summed E-state index contributed by atoms with van der Waals surface area (Å²) in [5, 5.41) is 8.87. The summed E-state index contributed by atoms with van der Waals surface area (Å²) in [4.78, 5) is 3.29. The summed E-state index contributed by atoms with van der Waals surface area (Å²) in [6, 6.07) is 23.9. The number of hydrogen-bond acceptors (Lipinski definition) is 1. The van der Waals surface area contributed by atoms with Crippen molar-refractivity contribution in [1.82, 2.24) is 4.98 Å². The molecule has 0 aliphatic heterocycles. The molecular formula is C21H15NO. The van der Waals surface area contributed by atoms with Crippen LogP contribution in [0.1, 0.15) is 0 Å². The molecule has 0 aliphatic carbocycles. The Morgan fingerprint density at radius 2 is 1.39 bits per heavy atom. The zero-order valence-corrected chi connectivity index (χ0v) is 12.8. The molecule has 0 atom stereocenters.